The molecule has 0 spiro atoms. The molecule has 2 N–H and O–H groups in total. The molecule has 0 radical (unpaired) electrons. The predicted octanol–water partition coefficient (Wildman–Crippen LogP) is 1.59. The number of nitrogens with one attached hydrogen (secondary N) is 1. The van der Waals surface area contributed by atoms with Gasteiger partial charge in [0.15, 0.2) is 5.75 Å². The molecule has 6 heteroatoms. The SMILES string of the molecule is COc1cccc(CNC(=O)c2c(C)occ(O)c2=O)c1. The third-order valence-electron chi connectivity index (χ3n) is 2.97. The molecule has 0 aliphatic carbocycles. The molecule has 2 aromatic rings. The summed E-state index contributed by atoms with van der Waals surface area (Å²) in [5.41, 5.74) is -0.121. The Morgan fingerprint density at radius 2 is 2.19 bits per heavy atom. The van der Waals surface area contributed by atoms with Gasteiger partial charge in [0, 0.05) is 6.54 Å². The van der Waals surface area contributed by atoms with Crippen molar-refractivity contribution in [2.45, 2.75) is 13.5 Å². The Bertz CT molecular complexity index is 720. The molecule has 21 heavy (non-hydrogen) atoms. The number of ether oxygens (including phenoxy) is 1. The molecule has 0 saturated heterocycles. The lowest BCUT2D eigenvalue weighted by atomic mass is 10.1. The van der Waals surface area contributed by atoms with E-state index in [2.05, 4.69) is 5.32 Å². The van der Waals surface area contributed by atoms with Crippen molar-refractivity contribution in [2.24, 2.45) is 0 Å². The largest absolute Gasteiger partial charge is 0.502 e. The molecule has 1 aromatic heterocycles. The maximum atomic E-state index is 12.1. The highest BCUT2D eigenvalue weighted by atomic mass is 16.5. The Morgan fingerprint density at radius 3 is 2.90 bits per heavy atom. The summed E-state index contributed by atoms with van der Waals surface area (Å²) in [6, 6.07) is 7.19. The fraction of sp³-hybridized carbons (Fsp3) is 0.200. The number of hydrogen-bond donors (Lipinski definition) is 2. The lowest BCUT2D eigenvalue weighted by Gasteiger charge is -2.08. The summed E-state index contributed by atoms with van der Waals surface area (Å²) in [7, 11) is 1.55. The number of carbonyl (C=O) groups is 1. The number of rotatable bonds is 4. The van der Waals surface area contributed by atoms with Gasteiger partial charge in [-0.15, -0.1) is 0 Å². The predicted molar refractivity (Wildman–Crippen MR) is 75.5 cm³/mol. The third kappa shape index (κ3) is 3.22. The summed E-state index contributed by atoms with van der Waals surface area (Å²) in [4.78, 5) is 23.8. The van der Waals surface area contributed by atoms with Crippen LogP contribution in [0.3, 0.4) is 0 Å². The Balaban J connectivity index is 2.16. The minimum atomic E-state index is -0.748. The van der Waals surface area contributed by atoms with Gasteiger partial charge in [-0.2, -0.15) is 0 Å². The molecule has 0 aliphatic heterocycles. The molecule has 0 saturated carbocycles. The first kappa shape index (κ1) is 14.6. The quantitative estimate of drug-likeness (QED) is 0.892. The Hall–Kier alpha value is -2.76. The van der Waals surface area contributed by atoms with Crippen LogP contribution in [0.2, 0.25) is 0 Å². The van der Waals surface area contributed by atoms with Crippen LogP contribution < -0.4 is 15.5 Å². The van der Waals surface area contributed by atoms with Crippen molar-refractivity contribution in [1.29, 1.82) is 0 Å². The van der Waals surface area contributed by atoms with Crippen LogP contribution >= 0.6 is 0 Å². The molecule has 0 aliphatic rings. The van der Waals surface area contributed by atoms with Crippen molar-refractivity contribution in [1.82, 2.24) is 5.32 Å². The van der Waals surface area contributed by atoms with E-state index in [4.69, 9.17) is 9.15 Å². The maximum Gasteiger partial charge on any atom is 0.259 e. The Morgan fingerprint density at radius 1 is 1.43 bits per heavy atom. The lowest BCUT2D eigenvalue weighted by Crippen LogP contribution is -2.29. The minimum absolute atomic E-state index is 0.154. The molecule has 1 aromatic carbocycles. The van der Waals surface area contributed by atoms with E-state index in [-0.39, 0.29) is 17.9 Å². The van der Waals surface area contributed by atoms with Crippen LogP contribution in [0.25, 0.3) is 0 Å². The van der Waals surface area contributed by atoms with E-state index in [0.29, 0.717) is 5.75 Å². The summed E-state index contributed by atoms with van der Waals surface area (Å²) in [5.74, 6) is -0.358. The second-order valence-corrected chi connectivity index (χ2v) is 4.42. The Labute approximate surface area is 121 Å². The molecule has 0 fully saturated rings. The minimum Gasteiger partial charge on any atom is -0.502 e. The monoisotopic (exact) mass is 289 g/mol. The normalized spacial score (nSPS) is 10.2. The van der Waals surface area contributed by atoms with E-state index < -0.39 is 17.1 Å². The zero-order valence-corrected chi connectivity index (χ0v) is 11.7. The van der Waals surface area contributed by atoms with Crippen LogP contribution in [0, 0.1) is 6.92 Å². The molecular formula is C15H15NO5. The number of carbonyl (C=O) groups excluding carboxylic acids is 1. The molecule has 0 bridgehead atoms. The molecule has 0 atom stereocenters. The maximum absolute atomic E-state index is 12.1. The van der Waals surface area contributed by atoms with Gasteiger partial charge >= 0.3 is 0 Å². The summed E-state index contributed by atoms with van der Waals surface area (Å²) in [6.07, 6.45) is 0.913. The van der Waals surface area contributed by atoms with Crippen molar-refractivity contribution < 1.29 is 19.1 Å². The van der Waals surface area contributed by atoms with Gasteiger partial charge in [0.2, 0.25) is 5.43 Å². The van der Waals surface area contributed by atoms with Gasteiger partial charge in [-0.25, -0.2) is 0 Å². The van der Waals surface area contributed by atoms with E-state index in [1.165, 1.54) is 6.92 Å². The van der Waals surface area contributed by atoms with Gasteiger partial charge in [-0.05, 0) is 24.6 Å². The first-order chi connectivity index (χ1) is 10.0. The number of amides is 1. The van der Waals surface area contributed by atoms with Crippen LogP contribution in [0.15, 0.2) is 39.7 Å². The van der Waals surface area contributed by atoms with Gasteiger partial charge in [0.1, 0.15) is 23.3 Å². The zero-order valence-electron chi connectivity index (χ0n) is 11.7. The molecule has 110 valence electrons. The van der Waals surface area contributed by atoms with Crippen molar-refractivity contribution in [3.63, 3.8) is 0 Å². The second kappa shape index (κ2) is 6.13. The van der Waals surface area contributed by atoms with Crippen molar-refractivity contribution in [3.8, 4) is 11.5 Å². The van der Waals surface area contributed by atoms with Crippen LogP contribution in [0.4, 0.5) is 0 Å². The Kier molecular flexibility index (Phi) is 4.27. The summed E-state index contributed by atoms with van der Waals surface area (Å²) in [6.45, 7) is 1.71. The van der Waals surface area contributed by atoms with Gasteiger partial charge < -0.3 is 19.6 Å². The number of aromatic hydroxyl groups is 1. The van der Waals surface area contributed by atoms with Crippen molar-refractivity contribution in [2.75, 3.05) is 7.11 Å². The second-order valence-electron chi connectivity index (χ2n) is 4.42. The van der Waals surface area contributed by atoms with Crippen LogP contribution in [0.5, 0.6) is 11.5 Å². The fourth-order valence-corrected chi connectivity index (χ4v) is 1.86. The number of aryl methyl sites for hydroxylation is 1. The van der Waals surface area contributed by atoms with E-state index in [1.807, 2.05) is 6.07 Å². The van der Waals surface area contributed by atoms with E-state index >= 15 is 0 Å². The lowest BCUT2D eigenvalue weighted by molar-refractivity contribution is 0.0945. The third-order valence-corrected chi connectivity index (χ3v) is 2.97. The highest BCUT2D eigenvalue weighted by molar-refractivity contribution is 5.95. The summed E-state index contributed by atoms with van der Waals surface area (Å²) < 4.78 is 10.0. The average Bonchev–Trinajstić information content (AvgIpc) is 2.49. The fourth-order valence-electron chi connectivity index (χ4n) is 1.86. The smallest absolute Gasteiger partial charge is 0.259 e. The van der Waals surface area contributed by atoms with Crippen LogP contribution in [0.1, 0.15) is 21.7 Å². The standard InChI is InChI=1S/C15H15NO5/c1-9-13(14(18)12(17)8-21-9)15(19)16-7-10-4-3-5-11(6-10)20-2/h3-6,8,17H,7H2,1-2H3,(H,16,19). The summed E-state index contributed by atoms with van der Waals surface area (Å²) in [5, 5.41) is 11.9. The van der Waals surface area contributed by atoms with Crippen molar-refractivity contribution >= 4 is 5.91 Å². The molecule has 1 amide bonds. The average molecular weight is 289 g/mol. The van der Waals surface area contributed by atoms with E-state index in [1.54, 1.807) is 25.3 Å². The van der Waals surface area contributed by atoms with Gasteiger partial charge in [0.25, 0.3) is 5.91 Å². The first-order valence-corrected chi connectivity index (χ1v) is 6.25. The number of methoxy groups -OCH3 is 1. The first-order valence-electron chi connectivity index (χ1n) is 6.25. The topological polar surface area (TPSA) is 88.8 Å². The van der Waals surface area contributed by atoms with Crippen molar-refractivity contribution in [3.05, 3.63) is 57.6 Å². The van der Waals surface area contributed by atoms with Gasteiger partial charge in [0.05, 0.1) is 7.11 Å². The summed E-state index contributed by atoms with van der Waals surface area (Å²) >= 11 is 0. The molecule has 0 unspecified atom stereocenters. The molecule has 6 nitrogen and oxygen atoms in total. The van der Waals surface area contributed by atoms with Gasteiger partial charge in [-0.1, -0.05) is 12.1 Å². The van der Waals surface area contributed by atoms with Gasteiger partial charge in [-0.3, -0.25) is 9.59 Å². The van der Waals surface area contributed by atoms with E-state index in [0.717, 1.165) is 11.8 Å². The number of hydrogen-bond acceptors (Lipinski definition) is 5. The molecule has 1 heterocycles. The number of benzene rings is 1. The van der Waals surface area contributed by atoms with E-state index in [9.17, 15) is 14.7 Å². The van der Waals surface area contributed by atoms with Crippen LogP contribution in [-0.2, 0) is 6.54 Å². The molecule has 2 rings (SSSR count). The highest BCUT2D eigenvalue weighted by Gasteiger charge is 2.17. The van der Waals surface area contributed by atoms with Crippen LogP contribution in [-0.4, -0.2) is 18.1 Å². The molecular weight excluding hydrogens is 274 g/mol. The highest BCUT2D eigenvalue weighted by Crippen LogP contribution is 2.13. The zero-order chi connectivity index (χ0) is 15.4.